The van der Waals surface area contributed by atoms with E-state index in [1.165, 1.54) is 18.2 Å². The molecule has 0 spiro atoms. The number of aliphatic hydroxyl groups is 1. The minimum absolute atomic E-state index is 0.173. The number of benzene rings is 2. The number of rotatable bonds is 6. The van der Waals surface area contributed by atoms with Crippen LogP contribution in [0.15, 0.2) is 54.9 Å². The Kier molecular flexibility index (Phi) is 5.16. The highest BCUT2D eigenvalue weighted by atomic mass is 19.2. The summed E-state index contributed by atoms with van der Waals surface area (Å²) in [7, 11) is 0. The van der Waals surface area contributed by atoms with Gasteiger partial charge in [0, 0.05) is 24.8 Å². The highest BCUT2D eigenvalue weighted by molar-refractivity contribution is 5.31. The van der Waals surface area contributed by atoms with E-state index in [0.29, 0.717) is 12.1 Å². The van der Waals surface area contributed by atoms with Crippen molar-refractivity contribution in [2.45, 2.75) is 12.6 Å². The average molecular weight is 347 g/mol. The number of nitrogens with zero attached hydrogens (tertiary/aromatic N) is 2. The van der Waals surface area contributed by atoms with Crippen molar-refractivity contribution in [3.63, 3.8) is 0 Å². The summed E-state index contributed by atoms with van der Waals surface area (Å²) in [6, 6.07) is 9.26. The fourth-order valence-electron chi connectivity index (χ4n) is 2.38. The molecule has 0 amide bonds. The van der Waals surface area contributed by atoms with Crippen molar-refractivity contribution in [2.75, 3.05) is 6.54 Å². The highest BCUT2D eigenvalue weighted by Crippen LogP contribution is 2.16. The Morgan fingerprint density at radius 3 is 2.52 bits per heavy atom. The van der Waals surface area contributed by atoms with E-state index in [-0.39, 0.29) is 12.4 Å². The Morgan fingerprint density at radius 1 is 1.04 bits per heavy atom. The van der Waals surface area contributed by atoms with E-state index < -0.39 is 17.7 Å². The van der Waals surface area contributed by atoms with Gasteiger partial charge < -0.3 is 10.4 Å². The molecule has 25 heavy (non-hydrogen) atoms. The van der Waals surface area contributed by atoms with Crippen LogP contribution >= 0.6 is 0 Å². The summed E-state index contributed by atoms with van der Waals surface area (Å²) in [4.78, 5) is 0. The van der Waals surface area contributed by atoms with Crippen LogP contribution in [-0.4, -0.2) is 21.4 Å². The summed E-state index contributed by atoms with van der Waals surface area (Å²) in [6.07, 6.45) is 2.48. The maximum Gasteiger partial charge on any atom is 0.159 e. The van der Waals surface area contributed by atoms with Gasteiger partial charge in [-0.15, -0.1) is 0 Å². The Balaban J connectivity index is 1.55. The molecule has 0 unspecified atom stereocenters. The van der Waals surface area contributed by atoms with Crippen LogP contribution in [0.4, 0.5) is 13.2 Å². The number of aromatic nitrogens is 2. The lowest BCUT2D eigenvalue weighted by Crippen LogP contribution is -2.21. The number of aliphatic hydroxyl groups excluding tert-OH is 1. The Bertz CT molecular complexity index is 849. The SMILES string of the molecule is O[C@H](CNCc1cnn(-c2ccc(F)cc2)c1)c1ccc(F)c(F)c1. The molecule has 0 saturated heterocycles. The molecule has 130 valence electrons. The van der Waals surface area contributed by atoms with E-state index >= 15 is 0 Å². The van der Waals surface area contributed by atoms with E-state index in [1.54, 1.807) is 29.2 Å². The third-order valence-corrected chi connectivity index (χ3v) is 3.72. The van der Waals surface area contributed by atoms with Crippen molar-refractivity contribution in [3.05, 3.63) is 83.4 Å². The number of hydrogen-bond donors (Lipinski definition) is 2. The van der Waals surface area contributed by atoms with Gasteiger partial charge >= 0.3 is 0 Å². The van der Waals surface area contributed by atoms with Crippen LogP contribution in [0.25, 0.3) is 5.69 Å². The summed E-state index contributed by atoms with van der Waals surface area (Å²) >= 11 is 0. The first-order valence-electron chi connectivity index (χ1n) is 7.66. The Labute approximate surface area is 142 Å². The van der Waals surface area contributed by atoms with Crippen molar-refractivity contribution < 1.29 is 18.3 Å². The topological polar surface area (TPSA) is 50.1 Å². The van der Waals surface area contributed by atoms with E-state index in [1.807, 2.05) is 0 Å². The lowest BCUT2D eigenvalue weighted by atomic mass is 10.1. The summed E-state index contributed by atoms with van der Waals surface area (Å²) in [5.41, 5.74) is 1.89. The first-order chi connectivity index (χ1) is 12.0. The Morgan fingerprint density at radius 2 is 1.80 bits per heavy atom. The first kappa shape index (κ1) is 17.2. The van der Waals surface area contributed by atoms with Crippen molar-refractivity contribution in [1.82, 2.24) is 15.1 Å². The maximum atomic E-state index is 13.2. The van der Waals surface area contributed by atoms with Crippen LogP contribution in [0.2, 0.25) is 0 Å². The third kappa shape index (κ3) is 4.26. The molecule has 1 aromatic heterocycles. The fraction of sp³-hybridized carbons (Fsp3) is 0.167. The van der Waals surface area contributed by atoms with Gasteiger partial charge in [-0.25, -0.2) is 17.9 Å². The monoisotopic (exact) mass is 347 g/mol. The second-order valence-electron chi connectivity index (χ2n) is 5.59. The normalized spacial score (nSPS) is 12.3. The summed E-state index contributed by atoms with van der Waals surface area (Å²) in [5.74, 6) is -2.25. The molecule has 4 nitrogen and oxygen atoms in total. The quantitative estimate of drug-likeness (QED) is 0.720. The van der Waals surface area contributed by atoms with Gasteiger partial charge in [0.25, 0.3) is 0 Å². The van der Waals surface area contributed by atoms with Gasteiger partial charge in [0.1, 0.15) is 5.82 Å². The molecule has 7 heteroatoms. The van der Waals surface area contributed by atoms with Gasteiger partial charge in [-0.3, -0.25) is 0 Å². The molecule has 2 aromatic carbocycles. The molecular formula is C18H16F3N3O. The predicted octanol–water partition coefficient (Wildman–Crippen LogP) is 3.11. The highest BCUT2D eigenvalue weighted by Gasteiger charge is 2.11. The second-order valence-corrected chi connectivity index (χ2v) is 5.59. The molecule has 3 aromatic rings. The maximum absolute atomic E-state index is 13.2. The third-order valence-electron chi connectivity index (χ3n) is 3.72. The van der Waals surface area contributed by atoms with E-state index in [4.69, 9.17) is 0 Å². The standard InChI is InChI=1S/C18H16F3N3O/c19-14-2-4-15(5-3-14)24-11-12(9-23-24)8-22-10-18(25)13-1-6-16(20)17(21)7-13/h1-7,9,11,18,22,25H,8,10H2/t18-/m1/s1. The molecule has 1 heterocycles. The zero-order chi connectivity index (χ0) is 17.8. The molecule has 3 rings (SSSR count). The molecule has 0 radical (unpaired) electrons. The minimum atomic E-state index is -0.989. The van der Waals surface area contributed by atoms with Crippen molar-refractivity contribution in [1.29, 1.82) is 0 Å². The molecular weight excluding hydrogens is 331 g/mol. The predicted molar refractivity (Wildman–Crippen MR) is 86.5 cm³/mol. The summed E-state index contributed by atoms with van der Waals surface area (Å²) < 4.78 is 40.6. The summed E-state index contributed by atoms with van der Waals surface area (Å²) in [5, 5.41) is 17.2. The van der Waals surface area contributed by atoms with E-state index in [9.17, 15) is 18.3 Å². The number of halogens is 3. The fourth-order valence-corrected chi connectivity index (χ4v) is 2.38. The molecule has 0 saturated carbocycles. The van der Waals surface area contributed by atoms with Crippen LogP contribution in [0.3, 0.4) is 0 Å². The van der Waals surface area contributed by atoms with Gasteiger partial charge in [0.2, 0.25) is 0 Å². The van der Waals surface area contributed by atoms with Gasteiger partial charge in [0.05, 0.1) is 18.0 Å². The van der Waals surface area contributed by atoms with Crippen LogP contribution in [-0.2, 0) is 6.54 Å². The number of nitrogens with one attached hydrogen (secondary N) is 1. The molecule has 0 aliphatic heterocycles. The van der Waals surface area contributed by atoms with Crippen LogP contribution < -0.4 is 5.32 Å². The Hall–Kier alpha value is -2.64. The van der Waals surface area contributed by atoms with Gasteiger partial charge in [0.15, 0.2) is 11.6 Å². The molecule has 0 aliphatic rings. The van der Waals surface area contributed by atoms with Crippen molar-refractivity contribution in [2.24, 2.45) is 0 Å². The van der Waals surface area contributed by atoms with Crippen LogP contribution in [0.5, 0.6) is 0 Å². The zero-order valence-corrected chi connectivity index (χ0v) is 13.2. The second kappa shape index (κ2) is 7.50. The number of hydrogen-bond acceptors (Lipinski definition) is 3. The van der Waals surface area contributed by atoms with Gasteiger partial charge in [-0.1, -0.05) is 6.07 Å². The lowest BCUT2D eigenvalue weighted by molar-refractivity contribution is 0.173. The molecule has 1 atom stereocenters. The van der Waals surface area contributed by atoms with Gasteiger partial charge in [-0.05, 0) is 42.0 Å². The van der Waals surface area contributed by atoms with E-state index in [2.05, 4.69) is 10.4 Å². The smallest absolute Gasteiger partial charge is 0.159 e. The van der Waals surface area contributed by atoms with Crippen molar-refractivity contribution >= 4 is 0 Å². The zero-order valence-electron chi connectivity index (χ0n) is 13.2. The molecule has 0 bridgehead atoms. The molecule has 0 aliphatic carbocycles. The van der Waals surface area contributed by atoms with Gasteiger partial charge in [-0.2, -0.15) is 5.10 Å². The molecule has 2 N–H and O–H groups in total. The van der Waals surface area contributed by atoms with Crippen LogP contribution in [0, 0.1) is 17.5 Å². The van der Waals surface area contributed by atoms with Crippen molar-refractivity contribution in [3.8, 4) is 5.69 Å². The lowest BCUT2D eigenvalue weighted by Gasteiger charge is -2.12. The van der Waals surface area contributed by atoms with Crippen LogP contribution in [0.1, 0.15) is 17.2 Å². The van der Waals surface area contributed by atoms with E-state index in [0.717, 1.165) is 23.4 Å². The summed E-state index contributed by atoms with van der Waals surface area (Å²) in [6.45, 7) is 0.606. The largest absolute Gasteiger partial charge is 0.387 e. The molecule has 0 fully saturated rings. The minimum Gasteiger partial charge on any atom is -0.387 e. The average Bonchev–Trinajstić information content (AvgIpc) is 3.06. The first-order valence-corrected chi connectivity index (χ1v) is 7.66.